The quantitative estimate of drug-likeness (QED) is 0.750. The van der Waals surface area contributed by atoms with Crippen molar-refractivity contribution in [3.63, 3.8) is 0 Å². The Balaban J connectivity index is 2.20. The van der Waals surface area contributed by atoms with Gasteiger partial charge < -0.3 is 15.0 Å². The first kappa shape index (κ1) is 18.4. The molecular formula is C16H23N3O4S. The van der Waals surface area contributed by atoms with E-state index >= 15 is 0 Å². The van der Waals surface area contributed by atoms with Crippen molar-refractivity contribution >= 4 is 22.0 Å². The average molecular weight is 353 g/mol. The van der Waals surface area contributed by atoms with Crippen LogP contribution in [0.2, 0.25) is 0 Å². The minimum absolute atomic E-state index is 0.0427. The lowest BCUT2D eigenvalue weighted by Crippen LogP contribution is -2.32. The smallest absolute Gasteiger partial charge is 0.246 e. The summed E-state index contributed by atoms with van der Waals surface area (Å²) in [6, 6.07) is 4.77. The van der Waals surface area contributed by atoms with Gasteiger partial charge >= 0.3 is 0 Å². The van der Waals surface area contributed by atoms with E-state index in [0.29, 0.717) is 12.1 Å². The Labute approximate surface area is 142 Å². The number of carbonyl (C=O) groups excluding carboxylic acids is 1. The third-order valence-electron chi connectivity index (χ3n) is 3.82. The van der Waals surface area contributed by atoms with Gasteiger partial charge in [0.25, 0.3) is 0 Å². The van der Waals surface area contributed by atoms with Crippen LogP contribution in [0.3, 0.4) is 0 Å². The fourth-order valence-corrected chi connectivity index (χ4v) is 3.38. The Morgan fingerprint density at radius 3 is 2.83 bits per heavy atom. The van der Waals surface area contributed by atoms with Gasteiger partial charge in [-0.2, -0.15) is 0 Å². The summed E-state index contributed by atoms with van der Waals surface area (Å²) < 4.78 is 31.5. The number of amides is 1. The summed E-state index contributed by atoms with van der Waals surface area (Å²) in [5.41, 5.74) is 0.617. The highest BCUT2D eigenvalue weighted by Crippen LogP contribution is 2.25. The van der Waals surface area contributed by atoms with E-state index in [4.69, 9.17) is 4.74 Å². The van der Waals surface area contributed by atoms with Gasteiger partial charge in [-0.15, -0.1) is 0 Å². The normalized spacial score (nSPS) is 16.2. The van der Waals surface area contributed by atoms with Crippen LogP contribution in [-0.2, 0) is 14.8 Å². The van der Waals surface area contributed by atoms with E-state index in [1.807, 2.05) is 0 Å². The molecule has 1 fully saturated rings. The number of sulfonamides is 1. The molecule has 2 rings (SSSR count). The molecule has 8 heteroatoms. The Morgan fingerprint density at radius 2 is 2.12 bits per heavy atom. The van der Waals surface area contributed by atoms with Crippen molar-refractivity contribution in [1.29, 1.82) is 0 Å². The lowest BCUT2D eigenvalue weighted by Gasteiger charge is -2.17. The molecule has 1 aromatic rings. The first-order valence-corrected chi connectivity index (χ1v) is 9.25. The maximum absolute atomic E-state index is 12.2. The van der Waals surface area contributed by atoms with Crippen LogP contribution in [0, 0.1) is 0 Å². The summed E-state index contributed by atoms with van der Waals surface area (Å²) in [6.07, 6.45) is 4.02. The summed E-state index contributed by atoms with van der Waals surface area (Å²) >= 11 is 0. The average Bonchev–Trinajstić information content (AvgIpc) is 2.88. The SMILES string of the molecule is CNS(=O)(=O)c1cc(/C=C/C(=O)N2CCCNCC2)ccc1OC. The largest absolute Gasteiger partial charge is 0.495 e. The van der Waals surface area contributed by atoms with Crippen LogP contribution in [0.5, 0.6) is 5.75 Å². The fourth-order valence-electron chi connectivity index (χ4n) is 2.46. The molecule has 1 aliphatic heterocycles. The van der Waals surface area contributed by atoms with Gasteiger partial charge in [-0.3, -0.25) is 4.79 Å². The van der Waals surface area contributed by atoms with Gasteiger partial charge in [0.05, 0.1) is 7.11 Å². The minimum atomic E-state index is -3.64. The summed E-state index contributed by atoms with van der Waals surface area (Å²) in [6.45, 7) is 3.09. The highest BCUT2D eigenvalue weighted by Gasteiger charge is 2.18. The molecule has 0 unspecified atom stereocenters. The monoisotopic (exact) mass is 353 g/mol. The molecule has 1 aromatic carbocycles. The molecule has 0 spiro atoms. The standard InChI is InChI=1S/C16H23N3O4S/c1-17-24(21,22)15-12-13(4-6-14(15)23-2)5-7-16(20)19-10-3-8-18-9-11-19/h4-7,12,17-18H,3,8-11H2,1-2H3/b7-5+. The predicted octanol–water partition coefficient (Wildman–Crippen LogP) is 0.438. The third kappa shape index (κ3) is 4.56. The van der Waals surface area contributed by atoms with Gasteiger partial charge in [-0.05, 0) is 43.8 Å². The molecule has 0 saturated carbocycles. The molecule has 2 N–H and O–H groups in total. The van der Waals surface area contributed by atoms with E-state index in [2.05, 4.69) is 10.0 Å². The van der Waals surface area contributed by atoms with Gasteiger partial charge in [-0.25, -0.2) is 13.1 Å². The maximum atomic E-state index is 12.2. The third-order valence-corrected chi connectivity index (χ3v) is 5.25. The van der Waals surface area contributed by atoms with Crippen molar-refractivity contribution < 1.29 is 17.9 Å². The molecule has 0 atom stereocenters. The molecule has 0 aromatic heterocycles. The van der Waals surface area contributed by atoms with Gasteiger partial charge in [0.1, 0.15) is 10.6 Å². The van der Waals surface area contributed by atoms with Crippen LogP contribution in [0.15, 0.2) is 29.2 Å². The first-order chi connectivity index (χ1) is 11.5. The molecule has 1 saturated heterocycles. The molecule has 0 aliphatic carbocycles. The van der Waals surface area contributed by atoms with Gasteiger partial charge in [0, 0.05) is 25.7 Å². The predicted molar refractivity (Wildman–Crippen MR) is 92.3 cm³/mol. The number of nitrogens with one attached hydrogen (secondary N) is 2. The summed E-state index contributed by atoms with van der Waals surface area (Å²) in [7, 11) is -0.885. The van der Waals surface area contributed by atoms with E-state index in [0.717, 1.165) is 26.1 Å². The van der Waals surface area contributed by atoms with Crippen LogP contribution in [-0.4, -0.2) is 59.6 Å². The number of ether oxygens (including phenoxy) is 1. The van der Waals surface area contributed by atoms with Crippen molar-refractivity contribution in [2.75, 3.05) is 40.3 Å². The van der Waals surface area contributed by atoms with Gasteiger partial charge in [0.15, 0.2) is 0 Å². The number of nitrogens with zero attached hydrogens (tertiary/aromatic N) is 1. The maximum Gasteiger partial charge on any atom is 0.246 e. The highest BCUT2D eigenvalue weighted by molar-refractivity contribution is 7.89. The Hall–Kier alpha value is -1.90. The highest BCUT2D eigenvalue weighted by atomic mass is 32.2. The summed E-state index contributed by atoms with van der Waals surface area (Å²) in [5.74, 6) is 0.180. The summed E-state index contributed by atoms with van der Waals surface area (Å²) in [4.78, 5) is 14.1. The molecule has 132 valence electrons. The molecular weight excluding hydrogens is 330 g/mol. The van der Waals surface area contributed by atoms with Crippen LogP contribution >= 0.6 is 0 Å². The Bertz CT molecular complexity index is 708. The van der Waals surface area contributed by atoms with Crippen molar-refractivity contribution in [1.82, 2.24) is 14.9 Å². The number of hydrogen-bond acceptors (Lipinski definition) is 5. The molecule has 1 heterocycles. The second-order valence-electron chi connectivity index (χ2n) is 5.38. The van der Waals surface area contributed by atoms with Crippen LogP contribution in [0.4, 0.5) is 0 Å². The lowest BCUT2D eigenvalue weighted by molar-refractivity contribution is -0.125. The minimum Gasteiger partial charge on any atom is -0.495 e. The zero-order chi connectivity index (χ0) is 17.6. The molecule has 1 amide bonds. The van der Waals surface area contributed by atoms with E-state index in [9.17, 15) is 13.2 Å². The van der Waals surface area contributed by atoms with Crippen molar-refractivity contribution in [2.24, 2.45) is 0 Å². The Kier molecular flexibility index (Phi) is 6.36. The second kappa shape index (κ2) is 8.27. The number of hydrogen-bond donors (Lipinski definition) is 2. The topological polar surface area (TPSA) is 87.7 Å². The molecule has 7 nitrogen and oxygen atoms in total. The zero-order valence-electron chi connectivity index (χ0n) is 13.9. The molecule has 0 bridgehead atoms. The fraction of sp³-hybridized carbons (Fsp3) is 0.438. The zero-order valence-corrected chi connectivity index (χ0v) is 14.7. The molecule has 1 aliphatic rings. The van der Waals surface area contributed by atoms with Gasteiger partial charge in [-0.1, -0.05) is 6.07 Å². The van der Waals surface area contributed by atoms with E-state index in [1.165, 1.54) is 26.3 Å². The molecule has 0 radical (unpaired) electrons. The van der Waals surface area contributed by atoms with Crippen molar-refractivity contribution in [2.45, 2.75) is 11.3 Å². The summed E-state index contributed by atoms with van der Waals surface area (Å²) in [5, 5.41) is 3.24. The van der Waals surface area contributed by atoms with Gasteiger partial charge in [0.2, 0.25) is 15.9 Å². The number of methoxy groups -OCH3 is 1. The Morgan fingerprint density at radius 1 is 1.33 bits per heavy atom. The number of carbonyl (C=O) groups is 1. The molecule has 24 heavy (non-hydrogen) atoms. The second-order valence-corrected chi connectivity index (χ2v) is 7.23. The van der Waals surface area contributed by atoms with Crippen molar-refractivity contribution in [3.8, 4) is 5.75 Å². The number of rotatable bonds is 5. The van der Waals surface area contributed by atoms with E-state index in [1.54, 1.807) is 23.1 Å². The van der Waals surface area contributed by atoms with E-state index < -0.39 is 10.0 Å². The van der Waals surface area contributed by atoms with Crippen LogP contribution < -0.4 is 14.8 Å². The van der Waals surface area contributed by atoms with Crippen molar-refractivity contribution in [3.05, 3.63) is 29.8 Å². The van der Waals surface area contributed by atoms with E-state index in [-0.39, 0.29) is 16.6 Å². The lowest BCUT2D eigenvalue weighted by atomic mass is 10.2. The van der Waals surface area contributed by atoms with Crippen LogP contribution in [0.1, 0.15) is 12.0 Å². The van der Waals surface area contributed by atoms with Crippen LogP contribution in [0.25, 0.3) is 6.08 Å². The number of benzene rings is 1. The first-order valence-electron chi connectivity index (χ1n) is 7.77.